The molecule has 1 aromatic carbocycles. The van der Waals surface area contributed by atoms with Crippen LogP contribution in [0, 0.1) is 5.21 Å². The summed E-state index contributed by atoms with van der Waals surface area (Å²) < 4.78 is 2.75. The Labute approximate surface area is 161 Å². The third kappa shape index (κ3) is 3.50. The summed E-state index contributed by atoms with van der Waals surface area (Å²) in [5.41, 5.74) is 5.32. The average Bonchev–Trinajstić information content (AvgIpc) is 3.12. The molecule has 7 nitrogen and oxygen atoms in total. The fraction of sp³-hybridized carbons (Fsp3) is 0.0952. The van der Waals surface area contributed by atoms with Crippen molar-refractivity contribution >= 4 is 17.4 Å². The third-order valence-corrected chi connectivity index (χ3v) is 4.40. The first-order chi connectivity index (χ1) is 13.6. The molecular formula is C21H19N5O2. The van der Waals surface area contributed by atoms with Gasteiger partial charge in [0.2, 0.25) is 0 Å². The van der Waals surface area contributed by atoms with E-state index in [-0.39, 0.29) is 6.03 Å². The second-order valence-electron chi connectivity index (χ2n) is 6.30. The van der Waals surface area contributed by atoms with E-state index in [0.29, 0.717) is 12.2 Å². The number of benzene rings is 1. The van der Waals surface area contributed by atoms with E-state index in [9.17, 15) is 10.0 Å². The van der Waals surface area contributed by atoms with E-state index in [1.54, 1.807) is 18.3 Å². The van der Waals surface area contributed by atoms with Gasteiger partial charge in [-0.25, -0.2) is 9.78 Å². The molecule has 0 spiro atoms. The van der Waals surface area contributed by atoms with Crippen LogP contribution < -0.4 is 15.4 Å². The Morgan fingerprint density at radius 3 is 2.71 bits per heavy atom. The standard InChI is InChI=1S/C21H19N5O2/c1-2-22-21(27)24-18-5-3-4-17(12-18)19-14-23-20-13-16(8-11-26(19)20)15-6-9-25(28)10-7-15/h3-14H,2H2,1H3,(H2,22,24,27). The molecule has 0 fully saturated rings. The fourth-order valence-electron chi connectivity index (χ4n) is 3.07. The number of urea groups is 1. The summed E-state index contributed by atoms with van der Waals surface area (Å²) in [6.45, 7) is 2.44. The molecule has 2 amide bonds. The number of nitrogens with one attached hydrogen (secondary N) is 2. The normalized spacial score (nSPS) is 10.8. The molecule has 2 N–H and O–H groups in total. The Morgan fingerprint density at radius 1 is 1.11 bits per heavy atom. The number of aromatic nitrogens is 3. The van der Waals surface area contributed by atoms with Crippen LogP contribution in [0.2, 0.25) is 0 Å². The van der Waals surface area contributed by atoms with Crippen LogP contribution in [0.5, 0.6) is 0 Å². The lowest BCUT2D eigenvalue weighted by molar-refractivity contribution is -0.605. The van der Waals surface area contributed by atoms with E-state index in [0.717, 1.165) is 32.8 Å². The number of hydrogen-bond acceptors (Lipinski definition) is 3. The summed E-state index contributed by atoms with van der Waals surface area (Å²) >= 11 is 0. The van der Waals surface area contributed by atoms with Gasteiger partial charge < -0.3 is 15.8 Å². The molecule has 0 saturated heterocycles. The SMILES string of the molecule is CCNC(=O)Nc1cccc(-c2cnc3cc(-c4cc[n+]([O-])cc4)ccn23)c1. The van der Waals surface area contributed by atoms with Crippen molar-refractivity contribution in [2.45, 2.75) is 6.92 Å². The van der Waals surface area contributed by atoms with Crippen molar-refractivity contribution in [3.63, 3.8) is 0 Å². The van der Waals surface area contributed by atoms with Crippen LogP contribution in [0.3, 0.4) is 0 Å². The molecule has 0 radical (unpaired) electrons. The van der Waals surface area contributed by atoms with Crippen LogP contribution in [0.4, 0.5) is 10.5 Å². The molecule has 4 aromatic rings. The highest BCUT2D eigenvalue weighted by Crippen LogP contribution is 2.26. The molecule has 3 heterocycles. The quantitative estimate of drug-likeness (QED) is 0.424. The maximum absolute atomic E-state index is 11.8. The van der Waals surface area contributed by atoms with E-state index in [1.165, 1.54) is 12.4 Å². The minimum absolute atomic E-state index is 0.232. The van der Waals surface area contributed by atoms with Gasteiger partial charge in [-0.05, 0) is 42.3 Å². The first-order valence-corrected chi connectivity index (χ1v) is 8.95. The summed E-state index contributed by atoms with van der Waals surface area (Å²) in [6, 6.07) is 14.9. The molecule has 4 rings (SSSR count). The smallest absolute Gasteiger partial charge is 0.319 e. The second kappa shape index (κ2) is 7.40. The van der Waals surface area contributed by atoms with Crippen LogP contribution >= 0.6 is 0 Å². The summed E-state index contributed by atoms with van der Waals surface area (Å²) in [5.74, 6) is 0. The lowest BCUT2D eigenvalue weighted by Gasteiger charge is -2.08. The van der Waals surface area contributed by atoms with Gasteiger partial charge in [0.15, 0.2) is 12.4 Å². The number of nitrogens with zero attached hydrogens (tertiary/aromatic N) is 3. The van der Waals surface area contributed by atoms with Crippen molar-refractivity contribution in [3.05, 3.63) is 78.5 Å². The maximum Gasteiger partial charge on any atom is 0.319 e. The van der Waals surface area contributed by atoms with Crippen molar-refractivity contribution in [2.24, 2.45) is 0 Å². The maximum atomic E-state index is 11.8. The largest absolute Gasteiger partial charge is 0.619 e. The van der Waals surface area contributed by atoms with Gasteiger partial charge in [0, 0.05) is 36.1 Å². The Morgan fingerprint density at radius 2 is 1.93 bits per heavy atom. The molecule has 7 heteroatoms. The van der Waals surface area contributed by atoms with Crippen molar-refractivity contribution in [1.29, 1.82) is 0 Å². The monoisotopic (exact) mass is 373 g/mol. The van der Waals surface area contributed by atoms with Gasteiger partial charge in [0.1, 0.15) is 5.65 Å². The number of anilines is 1. The topological polar surface area (TPSA) is 85.4 Å². The summed E-state index contributed by atoms with van der Waals surface area (Å²) in [7, 11) is 0. The summed E-state index contributed by atoms with van der Waals surface area (Å²) in [5, 5.41) is 16.8. The zero-order chi connectivity index (χ0) is 19.5. The number of fused-ring (bicyclic) bond motifs is 1. The van der Waals surface area contributed by atoms with Crippen LogP contribution in [0.1, 0.15) is 6.92 Å². The number of carbonyl (C=O) groups is 1. The van der Waals surface area contributed by atoms with Gasteiger partial charge in [-0.1, -0.05) is 12.1 Å². The molecular weight excluding hydrogens is 354 g/mol. The Kier molecular flexibility index (Phi) is 4.63. The van der Waals surface area contributed by atoms with Crippen LogP contribution in [0.15, 0.2) is 73.3 Å². The highest BCUT2D eigenvalue weighted by Gasteiger charge is 2.09. The van der Waals surface area contributed by atoms with Gasteiger partial charge in [0.25, 0.3) is 0 Å². The molecule has 0 saturated carbocycles. The number of amides is 2. The number of carbonyl (C=O) groups excluding carboxylic acids is 1. The zero-order valence-electron chi connectivity index (χ0n) is 15.3. The molecule has 0 unspecified atom stereocenters. The van der Waals surface area contributed by atoms with E-state index in [1.807, 2.05) is 53.9 Å². The molecule has 140 valence electrons. The molecule has 0 atom stereocenters. The van der Waals surface area contributed by atoms with E-state index < -0.39 is 0 Å². The van der Waals surface area contributed by atoms with E-state index >= 15 is 0 Å². The Balaban J connectivity index is 1.66. The lowest BCUT2D eigenvalue weighted by atomic mass is 10.1. The summed E-state index contributed by atoms with van der Waals surface area (Å²) in [6.07, 6.45) is 6.71. The molecule has 0 aliphatic carbocycles. The van der Waals surface area contributed by atoms with Crippen LogP contribution in [-0.4, -0.2) is 22.0 Å². The van der Waals surface area contributed by atoms with Gasteiger partial charge >= 0.3 is 6.03 Å². The van der Waals surface area contributed by atoms with Crippen molar-refractivity contribution in [2.75, 3.05) is 11.9 Å². The van der Waals surface area contributed by atoms with Gasteiger partial charge in [-0.3, -0.25) is 4.40 Å². The number of imidazole rings is 1. The number of hydrogen-bond donors (Lipinski definition) is 2. The highest BCUT2D eigenvalue weighted by atomic mass is 16.5. The first-order valence-electron chi connectivity index (χ1n) is 8.95. The van der Waals surface area contributed by atoms with Gasteiger partial charge in [-0.15, -0.1) is 0 Å². The van der Waals surface area contributed by atoms with Crippen molar-refractivity contribution in [3.8, 4) is 22.4 Å². The molecule has 0 aliphatic heterocycles. The predicted octanol–water partition coefficient (Wildman–Crippen LogP) is 3.44. The third-order valence-electron chi connectivity index (χ3n) is 4.40. The molecule has 0 aliphatic rings. The average molecular weight is 373 g/mol. The fourth-order valence-corrected chi connectivity index (χ4v) is 3.07. The van der Waals surface area contributed by atoms with E-state index in [4.69, 9.17) is 0 Å². The summed E-state index contributed by atoms with van der Waals surface area (Å²) in [4.78, 5) is 16.3. The predicted molar refractivity (Wildman–Crippen MR) is 108 cm³/mol. The van der Waals surface area contributed by atoms with Gasteiger partial charge in [-0.2, -0.15) is 4.73 Å². The number of pyridine rings is 2. The molecule has 28 heavy (non-hydrogen) atoms. The van der Waals surface area contributed by atoms with Crippen molar-refractivity contribution in [1.82, 2.24) is 14.7 Å². The minimum Gasteiger partial charge on any atom is -0.619 e. The molecule has 0 bridgehead atoms. The lowest BCUT2D eigenvalue weighted by Crippen LogP contribution is -2.28. The Hall–Kier alpha value is -3.87. The highest BCUT2D eigenvalue weighted by molar-refractivity contribution is 5.90. The van der Waals surface area contributed by atoms with Crippen molar-refractivity contribution < 1.29 is 9.52 Å². The second-order valence-corrected chi connectivity index (χ2v) is 6.30. The van der Waals surface area contributed by atoms with E-state index in [2.05, 4.69) is 15.6 Å². The minimum atomic E-state index is -0.232. The first kappa shape index (κ1) is 17.5. The Bertz CT molecular complexity index is 1140. The van der Waals surface area contributed by atoms with Crippen LogP contribution in [0.25, 0.3) is 28.0 Å². The van der Waals surface area contributed by atoms with Gasteiger partial charge in [0.05, 0.1) is 11.9 Å². The number of rotatable bonds is 4. The molecule has 3 aromatic heterocycles. The zero-order valence-corrected chi connectivity index (χ0v) is 15.3. The van der Waals surface area contributed by atoms with Crippen LogP contribution in [-0.2, 0) is 0 Å².